The van der Waals surface area contributed by atoms with E-state index in [1.54, 1.807) is 12.1 Å². The van der Waals surface area contributed by atoms with Gasteiger partial charge in [0.25, 0.3) is 0 Å². The Morgan fingerprint density at radius 1 is 1.67 bits per heavy atom. The molecule has 0 aliphatic rings. The molecule has 0 saturated heterocycles. The van der Waals surface area contributed by atoms with E-state index >= 15 is 0 Å². The molecule has 0 saturated carbocycles. The molecule has 0 fully saturated rings. The first-order chi connectivity index (χ1) is 5.79. The molecule has 1 rings (SSSR count). The van der Waals surface area contributed by atoms with Crippen molar-refractivity contribution in [3.05, 3.63) is 36.8 Å². The summed E-state index contributed by atoms with van der Waals surface area (Å²) in [6.45, 7) is 3.37. The van der Waals surface area contributed by atoms with Crippen LogP contribution < -0.4 is 0 Å². The minimum atomic E-state index is -0.803. The summed E-state index contributed by atoms with van der Waals surface area (Å²) in [4.78, 5) is 0. The second kappa shape index (κ2) is 4.09. The summed E-state index contributed by atoms with van der Waals surface area (Å²) in [5, 5.41) is 18.4. The number of aliphatic hydroxyl groups excluding tert-OH is 2. The Morgan fingerprint density at radius 2 is 2.42 bits per heavy atom. The van der Waals surface area contributed by atoms with Crippen LogP contribution in [0, 0.1) is 5.92 Å². The molecule has 0 bridgehead atoms. The summed E-state index contributed by atoms with van der Waals surface area (Å²) in [6, 6.07) is 3.35. The normalized spacial score (nSPS) is 15.5. The minimum Gasteiger partial charge on any atom is -0.467 e. The highest BCUT2D eigenvalue weighted by Crippen LogP contribution is 2.22. The smallest absolute Gasteiger partial charge is 0.132 e. The van der Waals surface area contributed by atoms with Crippen molar-refractivity contribution in [2.75, 3.05) is 6.61 Å². The number of hydrogen-bond acceptors (Lipinski definition) is 3. The van der Waals surface area contributed by atoms with Crippen LogP contribution in [-0.2, 0) is 0 Å². The molecule has 0 aliphatic carbocycles. The standard InChI is InChI=1S/C9H12O3/c1-2-7(6-10)9(11)8-4-3-5-12-8/h2-5,7,9-11H,1,6H2/t7-,9+/m1/s1. The molecule has 66 valence electrons. The van der Waals surface area contributed by atoms with Crippen LogP contribution in [0.4, 0.5) is 0 Å². The average Bonchev–Trinajstić information content (AvgIpc) is 2.58. The lowest BCUT2D eigenvalue weighted by molar-refractivity contribution is 0.0740. The molecule has 12 heavy (non-hydrogen) atoms. The van der Waals surface area contributed by atoms with E-state index in [0.717, 1.165) is 0 Å². The van der Waals surface area contributed by atoms with E-state index < -0.39 is 6.10 Å². The lowest BCUT2D eigenvalue weighted by Crippen LogP contribution is -2.13. The van der Waals surface area contributed by atoms with Gasteiger partial charge in [0.15, 0.2) is 0 Å². The summed E-state index contributed by atoms with van der Waals surface area (Å²) in [5.74, 6) is 0.0881. The van der Waals surface area contributed by atoms with Crippen LogP contribution in [0.15, 0.2) is 35.5 Å². The molecule has 0 spiro atoms. The van der Waals surface area contributed by atoms with Gasteiger partial charge in [-0.15, -0.1) is 6.58 Å². The van der Waals surface area contributed by atoms with E-state index in [9.17, 15) is 5.11 Å². The molecule has 1 heterocycles. The van der Waals surface area contributed by atoms with Crippen molar-refractivity contribution in [3.8, 4) is 0 Å². The number of rotatable bonds is 4. The molecule has 2 N–H and O–H groups in total. The van der Waals surface area contributed by atoms with Crippen LogP contribution in [0.25, 0.3) is 0 Å². The van der Waals surface area contributed by atoms with Gasteiger partial charge in [-0.05, 0) is 12.1 Å². The number of aliphatic hydroxyl groups is 2. The zero-order valence-corrected chi connectivity index (χ0v) is 6.68. The fourth-order valence-corrected chi connectivity index (χ4v) is 0.974. The quantitative estimate of drug-likeness (QED) is 0.662. The first kappa shape index (κ1) is 9.03. The molecular weight excluding hydrogens is 156 g/mol. The highest BCUT2D eigenvalue weighted by atomic mass is 16.4. The van der Waals surface area contributed by atoms with Crippen molar-refractivity contribution in [1.29, 1.82) is 0 Å². The lowest BCUT2D eigenvalue weighted by Gasteiger charge is -2.14. The van der Waals surface area contributed by atoms with Crippen molar-refractivity contribution < 1.29 is 14.6 Å². The minimum absolute atomic E-state index is 0.134. The van der Waals surface area contributed by atoms with Gasteiger partial charge in [0.1, 0.15) is 11.9 Å². The van der Waals surface area contributed by atoms with Crippen LogP contribution >= 0.6 is 0 Å². The predicted octanol–water partition coefficient (Wildman–Crippen LogP) is 1.11. The van der Waals surface area contributed by atoms with Gasteiger partial charge < -0.3 is 14.6 Å². The molecule has 3 nitrogen and oxygen atoms in total. The Labute approximate surface area is 70.9 Å². The Balaban J connectivity index is 2.69. The molecule has 0 unspecified atom stereocenters. The third-order valence-electron chi connectivity index (χ3n) is 1.75. The zero-order valence-electron chi connectivity index (χ0n) is 6.68. The van der Waals surface area contributed by atoms with Gasteiger partial charge in [-0.1, -0.05) is 6.08 Å². The molecule has 2 atom stereocenters. The third-order valence-corrected chi connectivity index (χ3v) is 1.75. The maximum absolute atomic E-state index is 9.54. The number of furan rings is 1. The topological polar surface area (TPSA) is 53.6 Å². The van der Waals surface area contributed by atoms with Gasteiger partial charge in [0.05, 0.1) is 12.9 Å². The second-order valence-corrected chi connectivity index (χ2v) is 2.54. The summed E-state index contributed by atoms with van der Waals surface area (Å²) in [7, 11) is 0. The van der Waals surface area contributed by atoms with E-state index in [4.69, 9.17) is 9.52 Å². The summed E-state index contributed by atoms with van der Waals surface area (Å²) in [6.07, 6.45) is 2.19. The summed E-state index contributed by atoms with van der Waals surface area (Å²) < 4.78 is 4.97. The third kappa shape index (κ3) is 1.75. The fourth-order valence-electron chi connectivity index (χ4n) is 0.974. The van der Waals surface area contributed by atoms with Crippen LogP contribution in [-0.4, -0.2) is 16.8 Å². The first-order valence-corrected chi connectivity index (χ1v) is 3.74. The molecule has 0 aliphatic heterocycles. The molecular formula is C9H12O3. The Morgan fingerprint density at radius 3 is 2.83 bits per heavy atom. The van der Waals surface area contributed by atoms with Crippen molar-refractivity contribution in [1.82, 2.24) is 0 Å². The highest BCUT2D eigenvalue weighted by Gasteiger charge is 2.18. The van der Waals surface area contributed by atoms with Crippen molar-refractivity contribution in [2.45, 2.75) is 6.10 Å². The monoisotopic (exact) mass is 168 g/mol. The van der Waals surface area contributed by atoms with Crippen LogP contribution in [0.2, 0.25) is 0 Å². The van der Waals surface area contributed by atoms with Crippen molar-refractivity contribution >= 4 is 0 Å². The summed E-state index contributed by atoms with van der Waals surface area (Å²) in [5.41, 5.74) is 0. The fraction of sp³-hybridized carbons (Fsp3) is 0.333. The maximum Gasteiger partial charge on any atom is 0.132 e. The van der Waals surface area contributed by atoms with Crippen molar-refractivity contribution in [3.63, 3.8) is 0 Å². The highest BCUT2D eigenvalue weighted by molar-refractivity contribution is 5.05. The van der Waals surface area contributed by atoms with Gasteiger partial charge in [-0.25, -0.2) is 0 Å². The Bertz CT molecular complexity index is 228. The number of hydrogen-bond donors (Lipinski definition) is 2. The molecule has 1 aromatic heterocycles. The van der Waals surface area contributed by atoms with E-state index in [0.29, 0.717) is 5.76 Å². The van der Waals surface area contributed by atoms with Gasteiger partial charge in [-0.2, -0.15) is 0 Å². The van der Waals surface area contributed by atoms with Crippen LogP contribution in [0.3, 0.4) is 0 Å². The SMILES string of the molecule is C=C[C@H](CO)[C@H](O)c1ccco1. The first-order valence-electron chi connectivity index (χ1n) is 3.74. The van der Waals surface area contributed by atoms with Crippen molar-refractivity contribution in [2.24, 2.45) is 5.92 Å². The molecule has 1 aromatic rings. The lowest BCUT2D eigenvalue weighted by atomic mass is 10.0. The van der Waals surface area contributed by atoms with E-state index in [2.05, 4.69) is 6.58 Å². The summed E-state index contributed by atoms with van der Waals surface area (Å²) >= 11 is 0. The molecule has 0 radical (unpaired) electrons. The second-order valence-electron chi connectivity index (χ2n) is 2.54. The maximum atomic E-state index is 9.54. The molecule has 0 amide bonds. The Hall–Kier alpha value is -1.06. The van der Waals surface area contributed by atoms with Crippen LogP contribution in [0.5, 0.6) is 0 Å². The van der Waals surface area contributed by atoms with E-state index in [-0.39, 0.29) is 12.5 Å². The van der Waals surface area contributed by atoms with Gasteiger partial charge in [0.2, 0.25) is 0 Å². The van der Waals surface area contributed by atoms with Gasteiger partial charge >= 0.3 is 0 Å². The van der Waals surface area contributed by atoms with Gasteiger partial charge in [0, 0.05) is 5.92 Å². The Kier molecular flexibility index (Phi) is 3.08. The zero-order chi connectivity index (χ0) is 8.97. The van der Waals surface area contributed by atoms with E-state index in [1.165, 1.54) is 12.3 Å². The average molecular weight is 168 g/mol. The van der Waals surface area contributed by atoms with Gasteiger partial charge in [-0.3, -0.25) is 0 Å². The molecule has 0 aromatic carbocycles. The predicted molar refractivity (Wildman–Crippen MR) is 44.4 cm³/mol. The van der Waals surface area contributed by atoms with Crippen LogP contribution in [0.1, 0.15) is 11.9 Å². The molecule has 3 heteroatoms. The largest absolute Gasteiger partial charge is 0.467 e. The van der Waals surface area contributed by atoms with E-state index in [1.807, 2.05) is 0 Å².